The minimum absolute atomic E-state index is 0.275. The summed E-state index contributed by atoms with van der Waals surface area (Å²) < 4.78 is 1.91. The summed E-state index contributed by atoms with van der Waals surface area (Å²) >= 11 is 12.1. The highest BCUT2D eigenvalue weighted by Crippen LogP contribution is 2.29. The zero-order valence-corrected chi connectivity index (χ0v) is 10.7. The molecule has 0 aliphatic carbocycles. The molecule has 0 spiro atoms. The van der Waals surface area contributed by atoms with Gasteiger partial charge in [0, 0.05) is 12.7 Å². The Bertz CT molecular complexity index is 694. The van der Waals surface area contributed by atoms with Crippen LogP contribution in [-0.2, 0) is 6.54 Å². The third kappa shape index (κ3) is 1.94. The van der Waals surface area contributed by atoms with Crippen molar-refractivity contribution in [2.45, 2.75) is 6.54 Å². The molecule has 2 heterocycles. The predicted octanol–water partition coefficient (Wildman–Crippen LogP) is 3.18. The van der Waals surface area contributed by atoms with E-state index in [1.807, 2.05) is 34.9 Å². The Balaban J connectivity index is 2.11. The maximum atomic E-state index is 6.14. The van der Waals surface area contributed by atoms with Crippen molar-refractivity contribution in [2.75, 3.05) is 0 Å². The molecule has 3 aromatic rings. The highest BCUT2D eigenvalue weighted by molar-refractivity contribution is 6.41. The zero-order valence-electron chi connectivity index (χ0n) is 9.22. The largest absolute Gasteiger partial charge is 0.325 e. The van der Waals surface area contributed by atoms with E-state index in [1.54, 1.807) is 6.20 Å². The van der Waals surface area contributed by atoms with Gasteiger partial charge in [0.15, 0.2) is 10.8 Å². The average Bonchev–Trinajstić information content (AvgIpc) is 2.69. The van der Waals surface area contributed by atoms with Crippen LogP contribution in [0.5, 0.6) is 0 Å². The van der Waals surface area contributed by atoms with Gasteiger partial charge < -0.3 is 4.57 Å². The zero-order chi connectivity index (χ0) is 12.5. The van der Waals surface area contributed by atoms with Crippen LogP contribution in [0.25, 0.3) is 11.0 Å². The Morgan fingerprint density at radius 3 is 2.61 bits per heavy atom. The quantitative estimate of drug-likeness (QED) is 0.723. The van der Waals surface area contributed by atoms with Crippen molar-refractivity contribution >= 4 is 34.2 Å². The molecule has 4 nitrogen and oxygen atoms in total. The second-order valence-electron chi connectivity index (χ2n) is 3.87. The summed E-state index contributed by atoms with van der Waals surface area (Å²) in [6.07, 6.45) is 1.79. The molecule has 0 saturated carbocycles. The van der Waals surface area contributed by atoms with Gasteiger partial charge in [-0.05, 0) is 10.8 Å². The predicted molar refractivity (Wildman–Crippen MR) is 70.9 cm³/mol. The lowest BCUT2D eigenvalue weighted by atomic mass is 10.2. The van der Waals surface area contributed by atoms with Crippen molar-refractivity contribution in [2.24, 2.45) is 0 Å². The third-order valence-corrected chi connectivity index (χ3v) is 3.23. The maximum Gasteiger partial charge on any atom is 0.169 e. The Labute approximate surface area is 113 Å². The molecule has 0 bridgehead atoms. The van der Waals surface area contributed by atoms with Crippen LogP contribution in [0.1, 0.15) is 5.56 Å². The van der Waals surface area contributed by atoms with Gasteiger partial charge in [0.2, 0.25) is 0 Å². The van der Waals surface area contributed by atoms with Crippen molar-refractivity contribution in [1.29, 1.82) is 0 Å². The van der Waals surface area contributed by atoms with E-state index in [4.69, 9.17) is 23.2 Å². The molecule has 18 heavy (non-hydrogen) atoms. The number of halogens is 2. The Kier molecular flexibility index (Phi) is 2.89. The molecule has 3 rings (SSSR count). The summed E-state index contributed by atoms with van der Waals surface area (Å²) in [4.78, 5) is 0. The third-order valence-electron chi connectivity index (χ3n) is 2.68. The molecule has 90 valence electrons. The van der Waals surface area contributed by atoms with Gasteiger partial charge in [-0.25, -0.2) is 0 Å². The van der Waals surface area contributed by atoms with E-state index in [0.29, 0.717) is 22.6 Å². The smallest absolute Gasteiger partial charge is 0.169 e. The number of aromatic nitrogens is 4. The van der Waals surface area contributed by atoms with E-state index >= 15 is 0 Å². The molecule has 6 heteroatoms. The van der Waals surface area contributed by atoms with Crippen molar-refractivity contribution < 1.29 is 0 Å². The fourth-order valence-corrected chi connectivity index (χ4v) is 2.43. The molecule has 0 aliphatic heterocycles. The Hall–Kier alpha value is -1.65. The lowest BCUT2D eigenvalue weighted by molar-refractivity contribution is 0.794. The van der Waals surface area contributed by atoms with E-state index in [2.05, 4.69) is 15.4 Å². The second kappa shape index (κ2) is 4.55. The van der Waals surface area contributed by atoms with Crippen molar-refractivity contribution in [1.82, 2.24) is 20.0 Å². The normalized spacial score (nSPS) is 11.0. The van der Waals surface area contributed by atoms with E-state index in [1.165, 1.54) is 0 Å². The van der Waals surface area contributed by atoms with Gasteiger partial charge in [-0.15, -0.1) is 10.2 Å². The van der Waals surface area contributed by atoms with Crippen LogP contribution in [0.4, 0.5) is 0 Å². The first kappa shape index (κ1) is 11.4. The molecule has 0 amide bonds. The molecule has 0 N–H and O–H groups in total. The van der Waals surface area contributed by atoms with Gasteiger partial charge >= 0.3 is 0 Å². The molecule has 0 unspecified atom stereocenters. The monoisotopic (exact) mass is 278 g/mol. The van der Waals surface area contributed by atoms with Crippen LogP contribution in [-0.4, -0.2) is 20.0 Å². The molecule has 0 fully saturated rings. The molecule has 0 atom stereocenters. The van der Waals surface area contributed by atoms with Gasteiger partial charge in [0.1, 0.15) is 0 Å². The number of benzene rings is 1. The molecule has 0 saturated heterocycles. The summed E-state index contributed by atoms with van der Waals surface area (Å²) in [5.74, 6) is 0. The van der Waals surface area contributed by atoms with Crippen LogP contribution in [0.3, 0.4) is 0 Å². The van der Waals surface area contributed by atoms with Crippen LogP contribution in [0.2, 0.25) is 10.2 Å². The number of hydrogen-bond donors (Lipinski definition) is 0. The summed E-state index contributed by atoms with van der Waals surface area (Å²) in [6.45, 7) is 0.666. The lowest BCUT2D eigenvalue weighted by Gasteiger charge is -2.03. The number of rotatable bonds is 2. The maximum absolute atomic E-state index is 6.14. The summed E-state index contributed by atoms with van der Waals surface area (Å²) in [7, 11) is 0. The lowest BCUT2D eigenvalue weighted by Crippen LogP contribution is -2.00. The standard InChI is InChI=1S/C12H8Cl2N4/c13-9-7-18(6-8-4-2-1-3-5-8)12-10(9)11(14)15-17-16-12/h1-5,7H,6H2. The SMILES string of the molecule is Clc1cn(Cc2ccccc2)c2nnnc(Cl)c12. The van der Waals surface area contributed by atoms with Crippen molar-refractivity contribution in [3.05, 3.63) is 52.3 Å². The van der Waals surface area contributed by atoms with Gasteiger partial charge in [0.05, 0.1) is 10.4 Å². The fraction of sp³-hybridized carbons (Fsp3) is 0.0833. The van der Waals surface area contributed by atoms with Crippen molar-refractivity contribution in [3.63, 3.8) is 0 Å². The topological polar surface area (TPSA) is 43.6 Å². The van der Waals surface area contributed by atoms with E-state index in [0.717, 1.165) is 5.56 Å². The highest BCUT2D eigenvalue weighted by Gasteiger charge is 2.13. The minimum atomic E-state index is 0.275. The summed E-state index contributed by atoms with van der Waals surface area (Å²) in [5.41, 5.74) is 1.80. The minimum Gasteiger partial charge on any atom is -0.325 e. The fourth-order valence-electron chi connectivity index (χ4n) is 1.87. The average molecular weight is 279 g/mol. The molecule has 0 radical (unpaired) electrons. The highest BCUT2D eigenvalue weighted by atomic mass is 35.5. The number of nitrogens with zero attached hydrogens (tertiary/aromatic N) is 4. The van der Waals surface area contributed by atoms with Gasteiger partial charge in [-0.2, -0.15) is 0 Å². The van der Waals surface area contributed by atoms with Crippen LogP contribution in [0, 0.1) is 0 Å². The Morgan fingerprint density at radius 2 is 1.83 bits per heavy atom. The van der Waals surface area contributed by atoms with Crippen molar-refractivity contribution in [3.8, 4) is 0 Å². The molecular formula is C12H8Cl2N4. The summed E-state index contributed by atoms with van der Waals surface area (Å²) in [6, 6.07) is 10.0. The van der Waals surface area contributed by atoms with E-state index in [-0.39, 0.29) is 5.15 Å². The molecular weight excluding hydrogens is 271 g/mol. The van der Waals surface area contributed by atoms with Crippen LogP contribution >= 0.6 is 23.2 Å². The molecule has 0 aliphatic rings. The molecule has 2 aromatic heterocycles. The first-order valence-corrected chi connectivity index (χ1v) is 6.08. The van der Waals surface area contributed by atoms with Crippen LogP contribution in [0.15, 0.2) is 36.5 Å². The first-order valence-electron chi connectivity index (χ1n) is 5.33. The van der Waals surface area contributed by atoms with E-state index in [9.17, 15) is 0 Å². The van der Waals surface area contributed by atoms with Gasteiger partial charge in [0.25, 0.3) is 0 Å². The van der Waals surface area contributed by atoms with Crippen LogP contribution < -0.4 is 0 Å². The molecule has 1 aromatic carbocycles. The summed E-state index contributed by atoms with van der Waals surface area (Å²) in [5, 5.41) is 12.8. The van der Waals surface area contributed by atoms with Gasteiger partial charge in [-0.1, -0.05) is 53.5 Å². The number of fused-ring (bicyclic) bond motifs is 1. The first-order chi connectivity index (χ1) is 8.75. The second-order valence-corrected chi connectivity index (χ2v) is 4.63. The Morgan fingerprint density at radius 1 is 1.06 bits per heavy atom. The van der Waals surface area contributed by atoms with E-state index < -0.39 is 0 Å². The number of hydrogen-bond acceptors (Lipinski definition) is 3. The van der Waals surface area contributed by atoms with Gasteiger partial charge in [-0.3, -0.25) is 0 Å².